The van der Waals surface area contributed by atoms with Gasteiger partial charge in [0.05, 0.1) is 0 Å². The van der Waals surface area contributed by atoms with Crippen molar-refractivity contribution in [1.82, 2.24) is 5.48 Å². The minimum atomic E-state index is -0.531. The van der Waals surface area contributed by atoms with E-state index in [1.807, 2.05) is 24.3 Å². The molecule has 0 aliphatic heterocycles. The fourth-order valence-corrected chi connectivity index (χ4v) is 1.53. The summed E-state index contributed by atoms with van der Waals surface area (Å²) in [5.74, 6) is -0.531. The van der Waals surface area contributed by atoms with Gasteiger partial charge in [0, 0.05) is 18.3 Å². The number of carbonyl (C=O) groups excluding carboxylic acids is 1. The molecule has 0 saturated heterocycles. The van der Waals surface area contributed by atoms with E-state index in [9.17, 15) is 4.79 Å². The van der Waals surface area contributed by atoms with Crippen molar-refractivity contribution in [3.63, 3.8) is 0 Å². The Balaban J connectivity index is 2.42. The molecular weight excluding hydrogens is 228 g/mol. The largest absolute Gasteiger partial charge is 0.385 e. The minimum Gasteiger partial charge on any atom is -0.385 e. The van der Waals surface area contributed by atoms with Crippen LogP contribution in [0.2, 0.25) is 0 Å². The van der Waals surface area contributed by atoms with Crippen LogP contribution < -0.4 is 10.8 Å². The summed E-state index contributed by atoms with van der Waals surface area (Å²) in [7, 11) is 0. The molecule has 1 rings (SSSR count). The van der Waals surface area contributed by atoms with Crippen molar-refractivity contribution >= 4 is 17.7 Å². The summed E-state index contributed by atoms with van der Waals surface area (Å²) in [6.45, 7) is 3.17. The Morgan fingerprint density at radius 3 is 2.61 bits per heavy atom. The Hall–Kier alpha value is -1.81. The minimum absolute atomic E-state index is 0.531. The van der Waals surface area contributed by atoms with Gasteiger partial charge in [0.25, 0.3) is 5.91 Å². The Labute approximate surface area is 108 Å². The van der Waals surface area contributed by atoms with E-state index in [2.05, 4.69) is 12.2 Å². The molecule has 1 aromatic rings. The van der Waals surface area contributed by atoms with Crippen molar-refractivity contribution in [3.8, 4) is 0 Å². The summed E-state index contributed by atoms with van der Waals surface area (Å²) >= 11 is 0. The molecule has 0 aliphatic rings. The zero-order chi connectivity index (χ0) is 13.2. The summed E-state index contributed by atoms with van der Waals surface area (Å²) in [6, 6.07) is 7.79. The summed E-state index contributed by atoms with van der Waals surface area (Å²) in [5.41, 5.74) is 3.54. The first-order chi connectivity index (χ1) is 8.76. The first kappa shape index (κ1) is 14.3. The van der Waals surface area contributed by atoms with Crippen molar-refractivity contribution < 1.29 is 10.0 Å². The summed E-state index contributed by atoms with van der Waals surface area (Å²) in [6.07, 6.45) is 6.56. The average Bonchev–Trinajstić information content (AvgIpc) is 2.42. The molecule has 0 aromatic heterocycles. The molecule has 0 bridgehead atoms. The standard InChI is InChI=1S/C14H20N2O2/c1-2-3-4-11-15-13-8-5-12(6-9-13)7-10-14(17)16-18/h5-10,15,18H,2-4,11H2,1H3,(H,16,17)/b10-7+. The summed E-state index contributed by atoms with van der Waals surface area (Å²) < 4.78 is 0. The van der Waals surface area contributed by atoms with Crippen LogP contribution in [0, 0.1) is 0 Å². The normalized spacial score (nSPS) is 10.6. The van der Waals surface area contributed by atoms with Crippen LogP contribution in [-0.4, -0.2) is 17.7 Å². The number of amides is 1. The SMILES string of the molecule is CCCCCNc1ccc(/C=C/C(=O)NO)cc1. The van der Waals surface area contributed by atoms with Crippen LogP contribution in [0.3, 0.4) is 0 Å². The molecule has 4 heteroatoms. The van der Waals surface area contributed by atoms with Gasteiger partial charge in [-0.1, -0.05) is 31.9 Å². The molecule has 0 unspecified atom stereocenters. The molecule has 1 aromatic carbocycles. The van der Waals surface area contributed by atoms with E-state index >= 15 is 0 Å². The lowest BCUT2D eigenvalue weighted by molar-refractivity contribution is -0.124. The number of rotatable bonds is 7. The predicted octanol–water partition coefficient (Wildman–Crippen LogP) is 2.81. The third kappa shape index (κ3) is 5.50. The number of unbranched alkanes of at least 4 members (excludes halogenated alkanes) is 2. The van der Waals surface area contributed by atoms with Crippen LogP contribution in [0.4, 0.5) is 5.69 Å². The number of anilines is 1. The molecule has 0 heterocycles. The number of hydroxylamine groups is 1. The second-order valence-electron chi connectivity index (χ2n) is 4.07. The fraction of sp³-hybridized carbons (Fsp3) is 0.357. The predicted molar refractivity (Wildman–Crippen MR) is 73.4 cm³/mol. The number of hydrogen-bond donors (Lipinski definition) is 3. The summed E-state index contributed by atoms with van der Waals surface area (Å²) in [5, 5.41) is 11.7. The van der Waals surface area contributed by atoms with E-state index in [1.165, 1.54) is 25.3 Å². The van der Waals surface area contributed by atoms with E-state index in [0.29, 0.717) is 0 Å². The van der Waals surface area contributed by atoms with Gasteiger partial charge in [-0.3, -0.25) is 10.0 Å². The first-order valence-corrected chi connectivity index (χ1v) is 6.22. The van der Waals surface area contributed by atoms with Crippen molar-refractivity contribution in [2.75, 3.05) is 11.9 Å². The molecule has 0 saturated carbocycles. The Kier molecular flexibility index (Phi) is 6.58. The van der Waals surface area contributed by atoms with Crippen LogP contribution in [0.15, 0.2) is 30.3 Å². The van der Waals surface area contributed by atoms with E-state index in [4.69, 9.17) is 5.21 Å². The highest BCUT2D eigenvalue weighted by molar-refractivity contribution is 5.90. The lowest BCUT2D eigenvalue weighted by Gasteiger charge is -2.05. The van der Waals surface area contributed by atoms with Gasteiger partial charge in [0.15, 0.2) is 0 Å². The molecule has 0 aliphatic carbocycles. The highest BCUT2D eigenvalue weighted by Crippen LogP contribution is 2.11. The Morgan fingerprint density at radius 2 is 2.00 bits per heavy atom. The monoisotopic (exact) mass is 248 g/mol. The highest BCUT2D eigenvalue weighted by atomic mass is 16.5. The number of benzene rings is 1. The van der Waals surface area contributed by atoms with Gasteiger partial charge in [-0.2, -0.15) is 0 Å². The van der Waals surface area contributed by atoms with Crippen molar-refractivity contribution in [1.29, 1.82) is 0 Å². The quantitative estimate of drug-likeness (QED) is 0.301. The highest BCUT2D eigenvalue weighted by Gasteiger charge is 1.93. The zero-order valence-corrected chi connectivity index (χ0v) is 10.6. The molecule has 4 nitrogen and oxygen atoms in total. The molecule has 0 fully saturated rings. The zero-order valence-electron chi connectivity index (χ0n) is 10.6. The molecule has 1 amide bonds. The van der Waals surface area contributed by atoms with Crippen molar-refractivity contribution in [2.24, 2.45) is 0 Å². The third-order valence-corrected chi connectivity index (χ3v) is 2.56. The van der Waals surface area contributed by atoms with Gasteiger partial charge in [0.2, 0.25) is 0 Å². The van der Waals surface area contributed by atoms with E-state index < -0.39 is 5.91 Å². The molecular formula is C14H20N2O2. The maximum absolute atomic E-state index is 10.8. The van der Waals surface area contributed by atoms with E-state index in [1.54, 1.807) is 11.6 Å². The smallest absolute Gasteiger partial charge is 0.267 e. The second-order valence-corrected chi connectivity index (χ2v) is 4.07. The van der Waals surface area contributed by atoms with Crippen molar-refractivity contribution in [3.05, 3.63) is 35.9 Å². The molecule has 0 radical (unpaired) electrons. The van der Waals surface area contributed by atoms with E-state index in [-0.39, 0.29) is 0 Å². The molecule has 18 heavy (non-hydrogen) atoms. The van der Waals surface area contributed by atoms with Gasteiger partial charge < -0.3 is 5.32 Å². The van der Waals surface area contributed by atoms with Crippen LogP contribution in [-0.2, 0) is 4.79 Å². The maximum atomic E-state index is 10.8. The Morgan fingerprint density at radius 1 is 1.28 bits per heavy atom. The van der Waals surface area contributed by atoms with Crippen LogP contribution in [0.25, 0.3) is 6.08 Å². The average molecular weight is 248 g/mol. The molecule has 3 N–H and O–H groups in total. The lowest BCUT2D eigenvalue weighted by atomic mass is 10.2. The van der Waals surface area contributed by atoms with E-state index in [0.717, 1.165) is 17.8 Å². The van der Waals surface area contributed by atoms with Gasteiger partial charge in [-0.25, -0.2) is 5.48 Å². The van der Waals surface area contributed by atoms with Crippen LogP contribution >= 0.6 is 0 Å². The van der Waals surface area contributed by atoms with Gasteiger partial charge >= 0.3 is 0 Å². The second kappa shape index (κ2) is 8.31. The maximum Gasteiger partial charge on any atom is 0.267 e. The Bertz CT molecular complexity index is 385. The van der Waals surface area contributed by atoms with Crippen LogP contribution in [0.5, 0.6) is 0 Å². The number of hydrogen-bond acceptors (Lipinski definition) is 3. The number of nitrogens with one attached hydrogen (secondary N) is 2. The first-order valence-electron chi connectivity index (χ1n) is 6.22. The summed E-state index contributed by atoms with van der Waals surface area (Å²) in [4.78, 5) is 10.8. The van der Waals surface area contributed by atoms with Gasteiger partial charge in [0.1, 0.15) is 0 Å². The van der Waals surface area contributed by atoms with Crippen molar-refractivity contribution in [2.45, 2.75) is 26.2 Å². The number of carbonyl (C=O) groups is 1. The topological polar surface area (TPSA) is 61.4 Å². The third-order valence-electron chi connectivity index (χ3n) is 2.56. The van der Waals surface area contributed by atoms with Crippen LogP contribution in [0.1, 0.15) is 31.7 Å². The molecule has 98 valence electrons. The molecule has 0 atom stereocenters. The van der Waals surface area contributed by atoms with Gasteiger partial charge in [-0.15, -0.1) is 0 Å². The molecule has 0 spiro atoms. The lowest BCUT2D eigenvalue weighted by Crippen LogP contribution is -2.14. The van der Waals surface area contributed by atoms with Gasteiger partial charge in [-0.05, 0) is 30.2 Å². The fourth-order valence-electron chi connectivity index (χ4n) is 1.53.